The van der Waals surface area contributed by atoms with Crippen molar-refractivity contribution in [3.63, 3.8) is 0 Å². The first-order chi connectivity index (χ1) is 8.14. The van der Waals surface area contributed by atoms with Crippen LogP contribution in [0.4, 0.5) is 13.6 Å². The van der Waals surface area contributed by atoms with Crippen molar-refractivity contribution in [3.05, 3.63) is 0 Å². The summed E-state index contributed by atoms with van der Waals surface area (Å²) >= 11 is 0. The Morgan fingerprint density at radius 2 is 2.11 bits per heavy atom. The zero-order valence-corrected chi connectivity index (χ0v) is 10.7. The van der Waals surface area contributed by atoms with E-state index in [1.165, 1.54) is 0 Å². The third-order valence-corrected chi connectivity index (χ3v) is 2.47. The number of alkyl carbamates (subject to hydrolysis) is 1. The highest BCUT2D eigenvalue weighted by Gasteiger charge is 2.45. The van der Waals surface area contributed by atoms with Crippen LogP contribution in [0.1, 0.15) is 27.2 Å². The summed E-state index contributed by atoms with van der Waals surface area (Å²) in [5, 5.41) is 2.16. The lowest BCUT2D eigenvalue weighted by Gasteiger charge is -2.37. The van der Waals surface area contributed by atoms with Gasteiger partial charge in [-0.15, -0.1) is 0 Å². The van der Waals surface area contributed by atoms with Gasteiger partial charge in [0.1, 0.15) is 5.60 Å². The molecule has 0 aromatic heterocycles. The number of hydrogen-bond acceptors (Lipinski definition) is 3. The predicted molar refractivity (Wildman–Crippen MR) is 60.4 cm³/mol. The fourth-order valence-corrected chi connectivity index (χ4v) is 1.68. The van der Waals surface area contributed by atoms with Gasteiger partial charge in [0.15, 0.2) is 0 Å². The van der Waals surface area contributed by atoms with Crippen LogP contribution in [0.3, 0.4) is 0 Å². The SMILES string of the molecule is CC(C)(C)OC(=O)NC1CCN(C=O)CC1(F)F. The van der Waals surface area contributed by atoms with E-state index in [4.69, 9.17) is 4.74 Å². The van der Waals surface area contributed by atoms with Crippen molar-refractivity contribution in [1.29, 1.82) is 0 Å². The maximum atomic E-state index is 13.6. The van der Waals surface area contributed by atoms with Gasteiger partial charge in [-0.3, -0.25) is 4.79 Å². The lowest BCUT2D eigenvalue weighted by molar-refractivity contribution is -0.132. The number of halogens is 2. The maximum absolute atomic E-state index is 13.6. The lowest BCUT2D eigenvalue weighted by atomic mass is 10.0. The Balaban J connectivity index is 2.57. The molecule has 1 saturated heterocycles. The van der Waals surface area contributed by atoms with E-state index >= 15 is 0 Å². The van der Waals surface area contributed by atoms with Crippen LogP contribution in [0.5, 0.6) is 0 Å². The van der Waals surface area contributed by atoms with Crippen LogP contribution >= 0.6 is 0 Å². The molecule has 0 spiro atoms. The van der Waals surface area contributed by atoms with Gasteiger partial charge in [0.05, 0.1) is 12.6 Å². The van der Waals surface area contributed by atoms with Gasteiger partial charge in [0.2, 0.25) is 6.41 Å². The smallest absolute Gasteiger partial charge is 0.408 e. The minimum atomic E-state index is -3.14. The highest BCUT2D eigenvalue weighted by atomic mass is 19.3. The molecule has 1 rings (SSSR count). The van der Waals surface area contributed by atoms with Crippen molar-refractivity contribution in [2.45, 2.75) is 44.8 Å². The second-order valence-corrected chi connectivity index (χ2v) is 5.32. The minimum Gasteiger partial charge on any atom is -0.444 e. The fraction of sp³-hybridized carbons (Fsp3) is 0.818. The molecule has 1 aliphatic heterocycles. The highest BCUT2D eigenvalue weighted by molar-refractivity contribution is 5.68. The van der Waals surface area contributed by atoms with Gasteiger partial charge in [0.25, 0.3) is 5.92 Å². The molecule has 1 heterocycles. The van der Waals surface area contributed by atoms with E-state index < -0.39 is 30.2 Å². The summed E-state index contributed by atoms with van der Waals surface area (Å²) in [6, 6.07) is -1.30. The molecule has 2 amide bonds. The molecule has 0 aromatic rings. The van der Waals surface area contributed by atoms with Gasteiger partial charge in [-0.2, -0.15) is 0 Å². The molecule has 0 bridgehead atoms. The number of piperidine rings is 1. The number of hydrogen-bond donors (Lipinski definition) is 1. The molecular weight excluding hydrogens is 246 g/mol. The van der Waals surface area contributed by atoms with Gasteiger partial charge in [-0.1, -0.05) is 0 Å². The highest BCUT2D eigenvalue weighted by Crippen LogP contribution is 2.26. The number of carbonyl (C=O) groups excluding carboxylic acids is 2. The van der Waals surface area contributed by atoms with Crippen molar-refractivity contribution >= 4 is 12.5 Å². The van der Waals surface area contributed by atoms with Crippen LogP contribution in [0.2, 0.25) is 0 Å². The molecule has 0 aromatic carbocycles. The minimum absolute atomic E-state index is 0.00494. The van der Waals surface area contributed by atoms with Crippen molar-refractivity contribution in [2.75, 3.05) is 13.1 Å². The molecule has 7 heteroatoms. The number of nitrogens with one attached hydrogen (secondary N) is 1. The molecule has 5 nitrogen and oxygen atoms in total. The van der Waals surface area contributed by atoms with Crippen LogP contribution in [0.25, 0.3) is 0 Å². The van der Waals surface area contributed by atoms with Gasteiger partial charge in [-0.05, 0) is 27.2 Å². The van der Waals surface area contributed by atoms with Crippen LogP contribution in [0, 0.1) is 0 Å². The number of likely N-dealkylation sites (tertiary alicyclic amines) is 1. The number of alkyl halides is 2. The molecule has 0 saturated carbocycles. The summed E-state index contributed by atoms with van der Waals surface area (Å²) in [6.07, 6.45) is -0.477. The summed E-state index contributed by atoms with van der Waals surface area (Å²) < 4.78 is 32.2. The maximum Gasteiger partial charge on any atom is 0.408 e. The van der Waals surface area contributed by atoms with Gasteiger partial charge < -0.3 is 15.0 Å². The van der Waals surface area contributed by atoms with Gasteiger partial charge >= 0.3 is 6.09 Å². The first-order valence-electron chi connectivity index (χ1n) is 5.71. The summed E-state index contributed by atoms with van der Waals surface area (Å²) in [4.78, 5) is 22.9. The van der Waals surface area contributed by atoms with Crippen molar-refractivity contribution < 1.29 is 23.1 Å². The van der Waals surface area contributed by atoms with Crippen molar-refractivity contribution in [2.24, 2.45) is 0 Å². The summed E-state index contributed by atoms with van der Waals surface area (Å²) in [5.74, 6) is -3.14. The Morgan fingerprint density at radius 1 is 1.50 bits per heavy atom. The largest absolute Gasteiger partial charge is 0.444 e. The van der Waals surface area contributed by atoms with Crippen LogP contribution < -0.4 is 5.32 Å². The monoisotopic (exact) mass is 264 g/mol. The zero-order valence-electron chi connectivity index (χ0n) is 10.7. The predicted octanol–water partition coefficient (Wildman–Crippen LogP) is 1.38. The average molecular weight is 264 g/mol. The van der Waals surface area contributed by atoms with Crippen LogP contribution in [0.15, 0.2) is 0 Å². The second kappa shape index (κ2) is 5.07. The molecule has 1 fully saturated rings. The van der Waals surface area contributed by atoms with Crippen LogP contribution in [-0.2, 0) is 9.53 Å². The van der Waals surface area contributed by atoms with E-state index in [1.807, 2.05) is 0 Å². The fourth-order valence-electron chi connectivity index (χ4n) is 1.68. The average Bonchev–Trinajstić information content (AvgIpc) is 2.17. The normalized spacial score (nSPS) is 23.4. The van der Waals surface area contributed by atoms with E-state index in [-0.39, 0.29) is 13.0 Å². The Hall–Kier alpha value is -1.40. The topological polar surface area (TPSA) is 58.6 Å². The quantitative estimate of drug-likeness (QED) is 0.766. The third-order valence-electron chi connectivity index (χ3n) is 2.47. The Bertz CT molecular complexity index is 329. The van der Waals surface area contributed by atoms with E-state index in [2.05, 4.69) is 5.32 Å². The van der Waals surface area contributed by atoms with E-state index in [9.17, 15) is 18.4 Å². The Morgan fingerprint density at radius 3 is 2.56 bits per heavy atom. The van der Waals surface area contributed by atoms with Crippen molar-refractivity contribution in [3.8, 4) is 0 Å². The number of amides is 2. The lowest BCUT2D eigenvalue weighted by Crippen LogP contribution is -2.58. The number of rotatable bonds is 2. The second-order valence-electron chi connectivity index (χ2n) is 5.32. The van der Waals surface area contributed by atoms with E-state index in [0.29, 0.717) is 6.41 Å². The first kappa shape index (κ1) is 14.7. The molecule has 0 radical (unpaired) electrons. The van der Waals surface area contributed by atoms with Crippen LogP contribution in [-0.4, -0.2) is 48.1 Å². The standard InChI is InChI=1S/C11H18F2N2O3/c1-10(2,3)18-9(17)14-8-4-5-15(7-16)6-11(8,12)13/h7-8H,4-6H2,1-3H3,(H,14,17). The summed E-state index contributed by atoms with van der Waals surface area (Å²) in [6.45, 7) is 4.47. The van der Waals surface area contributed by atoms with Gasteiger partial charge in [-0.25, -0.2) is 13.6 Å². The summed E-state index contributed by atoms with van der Waals surface area (Å²) in [7, 11) is 0. The molecule has 104 valence electrons. The molecular formula is C11H18F2N2O3. The number of ether oxygens (including phenoxy) is 1. The Kier molecular flexibility index (Phi) is 4.13. The molecule has 1 aliphatic rings. The van der Waals surface area contributed by atoms with Crippen molar-refractivity contribution in [1.82, 2.24) is 10.2 Å². The van der Waals surface area contributed by atoms with E-state index in [0.717, 1.165) is 4.90 Å². The molecule has 0 aliphatic carbocycles. The summed E-state index contributed by atoms with van der Waals surface area (Å²) in [5.41, 5.74) is -0.733. The first-order valence-corrected chi connectivity index (χ1v) is 5.71. The molecule has 1 unspecified atom stereocenters. The van der Waals surface area contributed by atoms with E-state index in [1.54, 1.807) is 20.8 Å². The van der Waals surface area contributed by atoms with Gasteiger partial charge in [0, 0.05) is 6.54 Å². The molecule has 1 N–H and O–H groups in total. The third kappa shape index (κ3) is 4.12. The molecule has 18 heavy (non-hydrogen) atoms. The number of nitrogens with zero attached hydrogens (tertiary/aromatic N) is 1. The zero-order chi connectivity index (χ0) is 14.0. The Labute approximate surface area is 104 Å². The number of carbonyl (C=O) groups is 2. The molecule has 1 atom stereocenters.